The molecule has 0 unspecified atom stereocenters. The van der Waals surface area contributed by atoms with Crippen LogP contribution in [-0.4, -0.2) is 22.1 Å². The van der Waals surface area contributed by atoms with Gasteiger partial charge >= 0.3 is 12.0 Å². The van der Waals surface area contributed by atoms with E-state index in [1.807, 2.05) is 12.1 Å². The lowest BCUT2D eigenvalue weighted by molar-refractivity contribution is -0.136. The van der Waals surface area contributed by atoms with Crippen molar-refractivity contribution in [3.63, 3.8) is 0 Å². The zero-order chi connectivity index (χ0) is 17.6. The van der Waals surface area contributed by atoms with Gasteiger partial charge in [0.2, 0.25) is 0 Å². The van der Waals surface area contributed by atoms with Gasteiger partial charge < -0.3 is 15.7 Å². The first-order valence-electron chi connectivity index (χ1n) is 8.47. The number of urea groups is 1. The lowest BCUT2D eigenvalue weighted by Gasteiger charge is -2.16. The molecule has 25 heavy (non-hydrogen) atoms. The molecule has 0 fully saturated rings. The summed E-state index contributed by atoms with van der Waals surface area (Å²) in [6.07, 6.45) is 6.53. The van der Waals surface area contributed by atoms with Gasteiger partial charge in [-0.05, 0) is 61.4 Å². The minimum atomic E-state index is -0.837. The lowest BCUT2D eigenvalue weighted by atomic mass is 9.96. The Morgan fingerprint density at radius 2 is 1.88 bits per heavy atom. The minimum absolute atomic E-state index is 0.0659. The molecule has 2 amide bonds. The number of carboxylic acid groups (broad SMARTS) is 1. The number of pyridine rings is 1. The number of hydrogen-bond donors (Lipinski definition) is 3. The maximum Gasteiger partial charge on any atom is 0.323 e. The van der Waals surface area contributed by atoms with Crippen LogP contribution in [0.15, 0.2) is 36.5 Å². The summed E-state index contributed by atoms with van der Waals surface area (Å²) in [7, 11) is 0. The van der Waals surface area contributed by atoms with E-state index >= 15 is 0 Å². The molecule has 1 aromatic carbocycles. The van der Waals surface area contributed by atoms with Crippen LogP contribution >= 0.6 is 0 Å². The van der Waals surface area contributed by atoms with Gasteiger partial charge in [-0.15, -0.1) is 0 Å². The molecule has 130 valence electrons. The monoisotopic (exact) mass is 339 g/mol. The number of amides is 2. The van der Waals surface area contributed by atoms with Crippen molar-refractivity contribution in [2.45, 2.75) is 38.5 Å². The van der Waals surface area contributed by atoms with Crippen molar-refractivity contribution in [3.05, 3.63) is 53.3 Å². The molecular weight excluding hydrogens is 318 g/mol. The smallest absolute Gasteiger partial charge is 0.323 e. The topological polar surface area (TPSA) is 91.3 Å². The van der Waals surface area contributed by atoms with Crippen LogP contribution in [0, 0.1) is 0 Å². The summed E-state index contributed by atoms with van der Waals surface area (Å²) in [5.41, 5.74) is 4.52. The first-order valence-corrected chi connectivity index (χ1v) is 8.47. The highest BCUT2D eigenvalue weighted by molar-refractivity contribution is 5.99. The molecule has 6 nitrogen and oxygen atoms in total. The van der Waals surface area contributed by atoms with E-state index in [2.05, 4.69) is 15.6 Å². The molecule has 0 aliphatic heterocycles. The van der Waals surface area contributed by atoms with Gasteiger partial charge in [0.25, 0.3) is 0 Å². The molecular formula is C19H21N3O3. The molecule has 0 saturated heterocycles. The van der Waals surface area contributed by atoms with Crippen LogP contribution in [0.2, 0.25) is 0 Å². The van der Waals surface area contributed by atoms with Crippen LogP contribution in [0.4, 0.5) is 16.2 Å². The maximum atomic E-state index is 12.2. The van der Waals surface area contributed by atoms with E-state index in [-0.39, 0.29) is 12.5 Å². The number of rotatable bonds is 5. The zero-order valence-corrected chi connectivity index (χ0v) is 13.9. The summed E-state index contributed by atoms with van der Waals surface area (Å²) in [5, 5.41) is 14.3. The van der Waals surface area contributed by atoms with Crippen molar-refractivity contribution in [2.24, 2.45) is 0 Å². The number of aliphatic carboxylic acids is 1. The van der Waals surface area contributed by atoms with Gasteiger partial charge in [-0.3, -0.25) is 9.78 Å². The Hall–Kier alpha value is -2.89. The quantitative estimate of drug-likeness (QED) is 0.776. The number of aromatic nitrogens is 1. The molecule has 3 N–H and O–H groups in total. The molecule has 2 aromatic rings. The van der Waals surface area contributed by atoms with E-state index in [0.717, 1.165) is 30.5 Å². The van der Waals surface area contributed by atoms with Gasteiger partial charge in [-0.1, -0.05) is 12.1 Å². The van der Waals surface area contributed by atoms with Crippen LogP contribution in [0.1, 0.15) is 36.1 Å². The SMILES string of the molecule is O=C(O)CCc1cccc(NC(=O)Nc2cnc3c(c2)CCCC3)c1. The summed E-state index contributed by atoms with van der Waals surface area (Å²) in [4.78, 5) is 27.3. The van der Waals surface area contributed by atoms with E-state index in [9.17, 15) is 9.59 Å². The number of carbonyl (C=O) groups excluding carboxylic acids is 1. The highest BCUT2D eigenvalue weighted by Gasteiger charge is 2.12. The number of carbonyl (C=O) groups is 2. The number of carboxylic acids is 1. The molecule has 0 atom stereocenters. The first-order chi connectivity index (χ1) is 12.1. The highest BCUT2D eigenvalue weighted by atomic mass is 16.4. The number of benzene rings is 1. The third kappa shape index (κ3) is 4.79. The van der Waals surface area contributed by atoms with Crippen molar-refractivity contribution < 1.29 is 14.7 Å². The first kappa shape index (κ1) is 17.0. The summed E-state index contributed by atoms with van der Waals surface area (Å²) < 4.78 is 0. The fourth-order valence-corrected chi connectivity index (χ4v) is 3.01. The van der Waals surface area contributed by atoms with Crippen LogP contribution < -0.4 is 10.6 Å². The van der Waals surface area contributed by atoms with Gasteiger partial charge in [0.1, 0.15) is 0 Å². The second kappa shape index (κ2) is 7.79. The van der Waals surface area contributed by atoms with Crippen LogP contribution in [0.25, 0.3) is 0 Å². The highest BCUT2D eigenvalue weighted by Crippen LogP contribution is 2.22. The van der Waals surface area contributed by atoms with Crippen LogP contribution in [0.3, 0.4) is 0 Å². The average molecular weight is 339 g/mol. The number of nitrogens with zero attached hydrogens (tertiary/aromatic N) is 1. The molecule has 0 bridgehead atoms. The number of hydrogen-bond acceptors (Lipinski definition) is 3. The number of fused-ring (bicyclic) bond motifs is 1. The maximum absolute atomic E-state index is 12.2. The molecule has 1 aromatic heterocycles. The molecule has 1 heterocycles. The van der Waals surface area contributed by atoms with E-state index in [4.69, 9.17) is 5.11 Å². The predicted octanol–water partition coefficient (Wildman–Crippen LogP) is 3.62. The second-order valence-electron chi connectivity index (χ2n) is 6.21. The molecule has 0 saturated carbocycles. The molecule has 0 spiro atoms. The molecule has 1 aliphatic carbocycles. The summed E-state index contributed by atoms with van der Waals surface area (Å²) in [6, 6.07) is 8.85. The third-order valence-electron chi connectivity index (χ3n) is 4.24. The van der Waals surface area contributed by atoms with Crippen LogP contribution in [0.5, 0.6) is 0 Å². The standard InChI is InChI=1S/C19H21N3O3/c23-18(24)9-8-13-4-3-6-15(10-13)21-19(25)22-16-11-14-5-1-2-7-17(14)20-12-16/h3-4,6,10-12H,1-2,5,7-9H2,(H,23,24)(H2,21,22,25). The van der Waals surface area contributed by atoms with Gasteiger partial charge in [0, 0.05) is 17.8 Å². The van der Waals surface area contributed by atoms with Gasteiger partial charge in [-0.25, -0.2) is 4.79 Å². The largest absolute Gasteiger partial charge is 0.481 e. The fourth-order valence-electron chi connectivity index (χ4n) is 3.01. The van der Waals surface area contributed by atoms with Crippen molar-refractivity contribution in [3.8, 4) is 0 Å². The Labute approximate surface area is 146 Å². The van der Waals surface area contributed by atoms with E-state index in [0.29, 0.717) is 17.8 Å². The minimum Gasteiger partial charge on any atom is -0.481 e. The Bertz CT molecular complexity index is 789. The predicted molar refractivity (Wildman–Crippen MR) is 95.9 cm³/mol. The zero-order valence-electron chi connectivity index (χ0n) is 13.9. The number of nitrogens with one attached hydrogen (secondary N) is 2. The summed E-state index contributed by atoms with van der Waals surface area (Å²) in [6.45, 7) is 0. The Balaban J connectivity index is 1.61. The van der Waals surface area contributed by atoms with Gasteiger partial charge in [0.15, 0.2) is 0 Å². The molecule has 3 rings (SSSR count). The Morgan fingerprint density at radius 3 is 2.72 bits per heavy atom. The van der Waals surface area contributed by atoms with E-state index < -0.39 is 5.97 Å². The molecule has 1 aliphatic rings. The fraction of sp³-hybridized carbons (Fsp3) is 0.316. The number of aryl methyl sites for hydroxylation is 3. The summed E-state index contributed by atoms with van der Waals surface area (Å²) >= 11 is 0. The second-order valence-corrected chi connectivity index (χ2v) is 6.21. The summed E-state index contributed by atoms with van der Waals surface area (Å²) in [5.74, 6) is -0.837. The molecule has 6 heteroatoms. The third-order valence-corrected chi connectivity index (χ3v) is 4.24. The van der Waals surface area contributed by atoms with Crippen molar-refractivity contribution in [1.82, 2.24) is 4.98 Å². The van der Waals surface area contributed by atoms with Crippen molar-refractivity contribution in [1.29, 1.82) is 0 Å². The Morgan fingerprint density at radius 1 is 1.08 bits per heavy atom. The van der Waals surface area contributed by atoms with Gasteiger partial charge in [0.05, 0.1) is 11.9 Å². The van der Waals surface area contributed by atoms with Crippen molar-refractivity contribution >= 4 is 23.4 Å². The molecule has 0 radical (unpaired) electrons. The van der Waals surface area contributed by atoms with Gasteiger partial charge in [-0.2, -0.15) is 0 Å². The Kier molecular flexibility index (Phi) is 5.28. The van der Waals surface area contributed by atoms with Crippen molar-refractivity contribution in [2.75, 3.05) is 10.6 Å². The lowest BCUT2D eigenvalue weighted by Crippen LogP contribution is -2.20. The normalized spacial score (nSPS) is 13.0. The van der Waals surface area contributed by atoms with E-state index in [1.165, 1.54) is 12.0 Å². The van der Waals surface area contributed by atoms with Crippen LogP contribution in [-0.2, 0) is 24.1 Å². The average Bonchev–Trinajstić information content (AvgIpc) is 2.60. The number of anilines is 2. The van der Waals surface area contributed by atoms with E-state index in [1.54, 1.807) is 24.4 Å².